The fourth-order valence-corrected chi connectivity index (χ4v) is 2.93. The van der Waals surface area contributed by atoms with Crippen molar-refractivity contribution in [1.82, 2.24) is 4.90 Å². The molecule has 15 heavy (non-hydrogen) atoms. The van der Waals surface area contributed by atoms with Gasteiger partial charge in [-0.2, -0.15) is 0 Å². The summed E-state index contributed by atoms with van der Waals surface area (Å²) in [6.45, 7) is 5.90. The van der Waals surface area contributed by atoms with Crippen LogP contribution in [0.1, 0.15) is 52.4 Å². The zero-order valence-electron chi connectivity index (χ0n) is 10.3. The molecule has 2 atom stereocenters. The first-order chi connectivity index (χ1) is 7.18. The summed E-state index contributed by atoms with van der Waals surface area (Å²) < 4.78 is 0. The molecule has 2 aliphatic carbocycles. The zero-order chi connectivity index (χ0) is 10.8. The second-order valence-electron chi connectivity index (χ2n) is 5.84. The Morgan fingerprint density at radius 2 is 1.80 bits per heavy atom. The van der Waals surface area contributed by atoms with Crippen molar-refractivity contribution in [3.8, 4) is 0 Å². The fraction of sp³-hybridized carbons (Fsp3) is 1.00. The molecule has 0 heterocycles. The van der Waals surface area contributed by atoms with E-state index in [2.05, 4.69) is 18.7 Å². The highest BCUT2D eigenvalue weighted by atomic mass is 15.2. The van der Waals surface area contributed by atoms with Gasteiger partial charge in [-0.05, 0) is 31.6 Å². The smallest absolute Gasteiger partial charge is 0.0250 e. The third-order valence-corrected chi connectivity index (χ3v) is 3.80. The minimum Gasteiger partial charge on any atom is -0.326 e. The summed E-state index contributed by atoms with van der Waals surface area (Å²) in [6, 6.07) is 2.01. The number of hydrogen-bond donors (Lipinski definition) is 1. The number of nitrogens with two attached hydrogens (primary N) is 1. The molecule has 2 unspecified atom stereocenters. The molecule has 0 aromatic rings. The highest BCUT2D eigenvalue weighted by Crippen LogP contribution is 2.33. The normalized spacial score (nSPS) is 32.6. The lowest BCUT2D eigenvalue weighted by Crippen LogP contribution is -2.51. The van der Waals surface area contributed by atoms with Gasteiger partial charge in [0, 0.05) is 24.7 Å². The Labute approximate surface area is 94.2 Å². The number of rotatable bonds is 4. The van der Waals surface area contributed by atoms with E-state index >= 15 is 0 Å². The molecule has 2 aliphatic rings. The van der Waals surface area contributed by atoms with Crippen molar-refractivity contribution in [3.63, 3.8) is 0 Å². The van der Waals surface area contributed by atoms with Gasteiger partial charge in [0.2, 0.25) is 0 Å². The highest BCUT2D eigenvalue weighted by molar-refractivity contribution is 4.94. The predicted molar refractivity (Wildman–Crippen MR) is 64.8 cm³/mol. The Morgan fingerprint density at radius 3 is 2.33 bits per heavy atom. The number of nitrogens with zero attached hydrogens (tertiary/aromatic N) is 1. The predicted octanol–water partition coefficient (Wildman–Crippen LogP) is 2.38. The molecular weight excluding hydrogens is 184 g/mol. The van der Waals surface area contributed by atoms with Crippen molar-refractivity contribution < 1.29 is 0 Å². The molecule has 2 heteroatoms. The molecule has 0 spiro atoms. The van der Waals surface area contributed by atoms with Gasteiger partial charge in [-0.25, -0.2) is 0 Å². The largest absolute Gasteiger partial charge is 0.326 e. The Balaban J connectivity index is 1.95. The molecule has 0 aromatic carbocycles. The molecule has 88 valence electrons. The minimum atomic E-state index is 0.443. The van der Waals surface area contributed by atoms with E-state index < -0.39 is 0 Å². The van der Waals surface area contributed by atoms with E-state index in [-0.39, 0.29) is 0 Å². The topological polar surface area (TPSA) is 29.3 Å². The summed E-state index contributed by atoms with van der Waals surface area (Å²) in [4.78, 5) is 2.73. The van der Waals surface area contributed by atoms with Crippen molar-refractivity contribution in [2.24, 2.45) is 11.7 Å². The molecule has 0 amide bonds. The van der Waals surface area contributed by atoms with Gasteiger partial charge in [-0.3, -0.25) is 4.90 Å². The van der Waals surface area contributed by atoms with E-state index in [1.807, 2.05) is 0 Å². The van der Waals surface area contributed by atoms with Crippen LogP contribution in [0.25, 0.3) is 0 Å². The lowest BCUT2D eigenvalue weighted by Gasteiger charge is -2.39. The quantitative estimate of drug-likeness (QED) is 0.772. The van der Waals surface area contributed by atoms with E-state index in [1.165, 1.54) is 45.1 Å². The summed E-state index contributed by atoms with van der Waals surface area (Å²) in [5.41, 5.74) is 6.28. The zero-order valence-corrected chi connectivity index (χ0v) is 10.3. The lowest BCUT2D eigenvalue weighted by molar-refractivity contribution is 0.115. The van der Waals surface area contributed by atoms with Gasteiger partial charge < -0.3 is 5.73 Å². The van der Waals surface area contributed by atoms with E-state index in [1.54, 1.807) is 0 Å². The third kappa shape index (κ3) is 2.94. The average Bonchev–Trinajstić information content (AvgIpc) is 2.98. The Morgan fingerprint density at radius 1 is 1.13 bits per heavy atom. The maximum Gasteiger partial charge on any atom is 0.0250 e. The van der Waals surface area contributed by atoms with Gasteiger partial charge in [0.05, 0.1) is 0 Å². The van der Waals surface area contributed by atoms with E-state index in [4.69, 9.17) is 5.73 Å². The average molecular weight is 210 g/mol. The van der Waals surface area contributed by atoms with Crippen molar-refractivity contribution in [2.45, 2.75) is 70.5 Å². The van der Waals surface area contributed by atoms with Crippen LogP contribution in [-0.2, 0) is 0 Å². The van der Waals surface area contributed by atoms with Crippen LogP contribution in [0.5, 0.6) is 0 Å². The Kier molecular flexibility index (Phi) is 3.68. The van der Waals surface area contributed by atoms with Gasteiger partial charge in [0.1, 0.15) is 0 Å². The van der Waals surface area contributed by atoms with Crippen LogP contribution in [0.4, 0.5) is 0 Å². The van der Waals surface area contributed by atoms with Crippen LogP contribution in [-0.4, -0.2) is 29.6 Å². The van der Waals surface area contributed by atoms with Gasteiger partial charge >= 0.3 is 0 Å². The van der Waals surface area contributed by atoms with Crippen LogP contribution in [0.15, 0.2) is 0 Å². The second-order valence-corrected chi connectivity index (χ2v) is 5.84. The number of hydrogen-bond acceptors (Lipinski definition) is 2. The molecule has 2 N–H and O–H groups in total. The van der Waals surface area contributed by atoms with Gasteiger partial charge in [0.15, 0.2) is 0 Å². The Bertz CT molecular complexity index is 199. The fourth-order valence-electron chi connectivity index (χ4n) is 2.93. The van der Waals surface area contributed by atoms with Crippen molar-refractivity contribution in [2.75, 3.05) is 6.54 Å². The van der Waals surface area contributed by atoms with E-state index in [0.29, 0.717) is 12.1 Å². The van der Waals surface area contributed by atoms with Crippen molar-refractivity contribution in [1.29, 1.82) is 0 Å². The molecule has 0 bridgehead atoms. The van der Waals surface area contributed by atoms with Crippen LogP contribution in [0, 0.1) is 5.92 Å². The molecule has 2 nitrogen and oxygen atoms in total. The van der Waals surface area contributed by atoms with E-state index in [9.17, 15) is 0 Å². The maximum atomic E-state index is 6.28. The van der Waals surface area contributed by atoms with Gasteiger partial charge in [0.25, 0.3) is 0 Å². The standard InChI is InChI=1S/C13H26N2/c1-10(2)9-15(11-7-8-11)13-6-4-3-5-12(13)14/h10-13H,3-9,14H2,1-2H3. The summed E-state index contributed by atoms with van der Waals surface area (Å²) in [5, 5.41) is 0. The van der Waals surface area contributed by atoms with Crippen LogP contribution >= 0.6 is 0 Å². The first-order valence-corrected chi connectivity index (χ1v) is 6.70. The Hall–Kier alpha value is -0.0800. The summed E-state index contributed by atoms with van der Waals surface area (Å²) in [6.07, 6.45) is 8.14. The molecule has 0 aromatic heterocycles. The highest BCUT2D eigenvalue weighted by Gasteiger charge is 2.37. The van der Waals surface area contributed by atoms with Gasteiger partial charge in [-0.1, -0.05) is 26.7 Å². The van der Waals surface area contributed by atoms with Crippen LogP contribution in [0.2, 0.25) is 0 Å². The first kappa shape index (κ1) is 11.4. The van der Waals surface area contributed by atoms with Crippen molar-refractivity contribution in [3.05, 3.63) is 0 Å². The molecule has 2 saturated carbocycles. The second kappa shape index (κ2) is 4.84. The molecular formula is C13H26N2. The van der Waals surface area contributed by atoms with E-state index in [0.717, 1.165) is 12.0 Å². The summed E-state index contributed by atoms with van der Waals surface area (Å²) >= 11 is 0. The molecule has 0 saturated heterocycles. The minimum absolute atomic E-state index is 0.443. The molecule has 0 aliphatic heterocycles. The first-order valence-electron chi connectivity index (χ1n) is 6.70. The van der Waals surface area contributed by atoms with Crippen LogP contribution < -0.4 is 5.73 Å². The maximum absolute atomic E-state index is 6.28. The monoisotopic (exact) mass is 210 g/mol. The SMILES string of the molecule is CC(C)CN(C1CC1)C1CCCCC1N. The summed E-state index contributed by atoms with van der Waals surface area (Å²) in [5.74, 6) is 0.778. The van der Waals surface area contributed by atoms with Crippen LogP contribution in [0.3, 0.4) is 0 Å². The third-order valence-electron chi connectivity index (χ3n) is 3.80. The molecule has 0 radical (unpaired) electrons. The summed E-state index contributed by atoms with van der Waals surface area (Å²) in [7, 11) is 0. The van der Waals surface area contributed by atoms with Gasteiger partial charge in [-0.15, -0.1) is 0 Å². The van der Waals surface area contributed by atoms with Crippen molar-refractivity contribution >= 4 is 0 Å². The molecule has 2 fully saturated rings. The lowest BCUT2D eigenvalue weighted by atomic mass is 9.89. The molecule has 2 rings (SSSR count).